The first kappa shape index (κ1) is 18.5. The predicted octanol–water partition coefficient (Wildman–Crippen LogP) is 1.48. The van der Waals surface area contributed by atoms with Gasteiger partial charge in [0, 0.05) is 5.56 Å². The van der Waals surface area contributed by atoms with E-state index in [0.29, 0.717) is 5.56 Å². The summed E-state index contributed by atoms with van der Waals surface area (Å²) in [5, 5.41) is 4.95. The Balaban J connectivity index is 2.65. The SMILES string of the molecule is COC(=O)[C@@H](CNC(=O)OC(C)(C)C)NC(=O)c1ccccc1. The lowest BCUT2D eigenvalue weighted by Gasteiger charge is -2.21. The van der Waals surface area contributed by atoms with Crippen molar-refractivity contribution in [1.82, 2.24) is 10.6 Å². The molecule has 1 rings (SSSR count). The van der Waals surface area contributed by atoms with Crippen LogP contribution in [0.25, 0.3) is 0 Å². The van der Waals surface area contributed by atoms with E-state index in [1.165, 1.54) is 7.11 Å². The van der Waals surface area contributed by atoms with Crippen molar-refractivity contribution in [3.63, 3.8) is 0 Å². The van der Waals surface area contributed by atoms with Crippen molar-refractivity contribution < 1.29 is 23.9 Å². The van der Waals surface area contributed by atoms with Gasteiger partial charge in [-0.05, 0) is 32.9 Å². The van der Waals surface area contributed by atoms with Crippen molar-refractivity contribution in [2.24, 2.45) is 0 Å². The molecule has 0 heterocycles. The average Bonchev–Trinajstić information content (AvgIpc) is 2.49. The molecule has 0 fully saturated rings. The minimum atomic E-state index is -1.01. The molecule has 0 unspecified atom stereocenters. The summed E-state index contributed by atoms with van der Waals surface area (Å²) in [5.74, 6) is -1.10. The molecule has 1 aromatic carbocycles. The molecular weight excluding hydrogens is 300 g/mol. The van der Waals surface area contributed by atoms with Gasteiger partial charge in [0.1, 0.15) is 11.6 Å². The summed E-state index contributed by atoms with van der Waals surface area (Å²) in [4.78, 5) is 35.5. The highest BCUT2D eigenvalue weighted by Crippen LogP contribution is 2.06. The van der Waals surface area contributed by atoms with Crippen LogP contribution in [0.15, 0.2) is 30.3 Å². The predicted molar refractivity (Wildman–Crippen MR) is 83.9 cm³/mol. The molecule has 126 valence electrons. The first-order valence-electron chi connectivity index (χ1n) is 7.13. The molecular formula is C16H22N2O5. The van der Waals surface area contributed by atoms with E-state index in [1.54, 1.807) is 51.1 Å². The molecule has 0 spiro atoms. The molecule has 0 radical (unpaired) electrons. The maximum absolute atomic E-state index is 12.1. The van der Waals surface area contributed by atoms with Crippen molar-refractivity contribution in [2.75, 3.05) is 13.7 Å². The number of amides is 2. The minimum absolute atomic E-state index is 0.139. The summed E-state index contributed by atoms with van der Waals surface area (Å²) in [7, 11) is 1.21. The molecule has 2 amide bonds. The number of rotatable bonds is 5. The van der Waals surface area contributed by atoms with Crippen molar-refractivity contribution in [1.29, 1.82) is 0 Å². The molecule has 0 saturated carbocycles. The number of alkyl carbamates (subject to hydrolysis) is 1. The molecule has 1 atom stereocenters. The second-order valence-corrected chi connectivity index (χ2v) is 5.80. The van der Waals surface area contributed by atoms with Crippen molar-refractivity contribution in [3.8, 4) is 0 Å². The lowest BCUT2D eigenvalue weighted by Crippen LogP contribution is -2.49. The highest BCUT2D eigenvalue weighted by atomic mass is 16.6. The summed E-state index contributed by atoms with van der Waals surface area (Å²) in [5.41, 5.74) is -0.253. The molecule has 1 aromatic rings. The number of hydrogen-bond acceptors (Lipinski definition) is 5. The van der Waals surface area contributed by atoms with E-state index in [2.05, 4.69) is 15.4 Å². The molecule has 0 saturated heterocycles. The lowest BCUT2D eigenvalue weighted by molar-refractivity contribution is -0.142. The third-order valence-electron chi connectivity index (χ3n) is 2.68. The van der Waals surface area contributed by atoms with Gasteiger partial charge in [0.2, 0.25) is 0 Å². The van der Waals surface area contributed by atoms with Crippen LogP contribution in [0.3, 0.4) is 0 Å². The van der Waals surface area contributed by atoms with Crippen LogP contribution in [0.5, 0.6) is 0 Å². The quantitative estimate of drug-likeness (QED) is 0.801. The smallest absolute Gasteiger partial charge is 0.407 e. The molecule has 7 heteroatoms. The van der Waals surface area contributed by atoms with E-state index >= 15 is 0 Å². The summed E-state index contributed by atoms with van der Waals surface area (Å²) in [6.45, 7) is 5.03. The third-order valence-corrected chi connectivity index (χ3v) is 2.68. The third kappa shape index (κ3) is 6.82. The molecule has 0 aliphatic carbocycles. The van der Waals surface area contributed by atoms with Crippen LogP contribution in [0, 0.1) is 0 Å². The standard InChI is InChI=1S/C16H22N2O5/c1-16(2,3)23-15(21)17-10-12(14(20)22-4)18-13(19)11-8-6-5-7-9-11/h5-9,12H,10H2,1-4H3,(H,17,21)(H,18,19)/t12-/m1/s1. The van der Waals surface area contributed by atoms with Gasteiger partial charge in [0.05, 0.1) is 13.7 Å². The van der Waals surface area contributed by atoms with Crippen LogP contribution >= 0.6 is 0 Å². The average molecular weight is 322 g/mol. The van der Waals surface area contributed by atoms with Gasteiger partial charge in [-0.15, -0.1) is 0 Å². The highest BCUT2D eigenvalue weighted by molar-refractivity contribution is 5.96. The highest BCUT2D eigenvalue weighted by Gasteiger charge is 2.24. The van der Waals surface area contributed by atoms with Gasteiger partial charge < -0.3 is 20.1 Å². The van der Waals surface area contributed by atoms with Crippen molar-refractivity contribution >= 4 is 18.0 Å². The number of methoxy groups -OCH3 is 1. The van der Waals surface area contributed by atoms with E-state index in [4.69, 9.17) is 4.74 Å². The van der Waals surface area contributed by atoms with Crippen LogP contribution in [0.4, 0.5) is 4.79 Å². The Hall–Kier alpha value is -2.57. The summed E-state index contributed by atoms with van der Waals surface area (Å²) in [6.07, 6.45) is -0.680. The number of ether oxygens (including phenoxy) is 2. The number of carbonyl (C=O) groups is 3. The van der Waals surface area contributed by atoms with E-state index in [-0.39, 0.29) is 6.54 Å². The van der Waals surface area contributed by atoms with Gasteiger partial charge >= 0.3 is 12.1 Å². The first-order chi connectivity index (χ1) is 10.7. The fourth-order valence-corrected chi connectivity index (χ4v) is 1.67. The second-order valence-electron chi connectivity index (χ2n) is 5.80. The normalized spacial score (nSPS) is 12.0. The number of nitrogens with one attached hydrogen (secondary N) is 2. The fraction of sp³-hybridized carbons (Fsp3) is 0.438. The van der Waals surface area contributed by atoms with Crippen LogP contribution in [0.2, 0.25) is 0 Å². The monoisotopic (exact) mass is 322 g/mol. The molecule has 0 aliphatic heterocycles. The lowest BCUT2D eigenvalue weighted by atomic mass is 10.2. The van der Waals surface area contributed by atoms with Crippen molar-refractivity contribution in [3.05, 3.63) is 35.9 Å². The summed E-state index contributed by atoms with van der Waals surface area (Å²) >= 11 is 0. The summed E-state index contributed by atoms with van der Waals surface area (Å²) < 4.78 is 9.71. The van der Waals surface area contributed by atoms with Gasteiger partial charge in [-0.25, -0.2) is 9.59 Å². The van der Waals surface area contributed by atoms with Gasteiger partial charge in [-0.3, -0.25) is 4.79 Å². The Morgan fingerprint density at radius 1 is 1.13 bits per heavy atom. The molecule has 0 aliphatic rings. The fourth-order valence-electron chi connectivity index (χ4n) is 1.67. The Morgan fingerprint density at radius 2 is 1.74 bits per heavy atom. The first-order valence-corrected chi connectivity index (χ1v) is 7.13. The Labute approximate surface area is 135 Å². The van der Waals surface area contributed by atoms with Gasteiger partial charge in [0.25, 0.3) is 5.91 Å². The molecule has 2 N–H and O–H groups in total. The van der Waals surface area contributed by atoms with Gasteiger partial charge in [-0.2, -0.15) is 0 Å². The van der Waals surface area contributed by atoms with Gasteiger partial charge in [-0.1, -0.05) is 18.2 Å². The van der Waals surface area contributed by atoms with Crippen LogP contribution < -0.4 is 10.6 Å². The van der Waals surface area contributed by atoms with E-state index in [1.807, 2.05) is 0 Å². The maximum Gasteiger partial charge on any atom is 0.407 e. The van der Waals surface area contributed by atoms with Crippen molar-refractivity contribution in [2.45, 2.75) is 32.4 Å². The Kier molecular flexibility index (Phi) is 6.56. The number of benzene rings is 1. The van der Waals surface area contributed by atoms with Gasteiger partial charge in [0.15, 0.2) is 0 Å². The molecule has 0 bridgehead atoms. The van der Waals surface area contributed by atoms with Crippen LogP contribution in [-0.4, -0.2) is 43.3 Å². The van der Waals surface area contributed by atoms with Crippen LogP contribution in [-0.2, 0) is 14.3 Å². The number of carbonyl (C=O) groups excluding carboxylic acids is 3. The Bertz CT molecular complexity index is 551. The zero-order valence-electron chi connectivity index (χ0n) is 13.7. The molecule has 7 nitrogen and oxygen atoms in total. The zero-order valence-corrected chi connectivity index (χ0v) is 13.7. The second kappa shape index (κ2) is 8.17. The largest absolute Gasteiger partial charge is 0.467 e. The topological polar surface area (TPSA) is 93.7 Å². The summed E-state index contributed by atoms with van der Waals surface area (Å²) in [6, 6.07) is 7.41. The molecule has 0 aromatic heterocycles. The van der Waals surface area contributed by atoms with E-state index in [0.717, 1.165) is 0 Å². The molecule has 23 heavy (non-hydrogen) atoms. The number of esters is 1. The van der Waals surface area contributed by atoms with Crippen LogP contribution in [0.1, 0.15) is 31.1 Å². The zero-order chi connectivity index (χ0) is 17.5. The maximum atomic E-state index is 12.1. The Morgan fingerprint density at radius 3 is 2.26 bits per heavy atom. The number of hydrogen-bond donors (Lipinski definition) is 2. The minimum Gasteiger partial charge on any atom is -0.467 e. The van der Waals surface area contributed by atoms with E-state index in [9.17, 15) is 14.4 Å². The van der Waals surface area contributed by atoms with E-state index < -0.39 is 29.6 Å².